The first-order valence-corrected chi connectivity index (χ1v) is 3.94. The summed E-state index contributed by atoms with van der Waals surface area (Å²) >= 11 is 0. The summed E-state index contributed by atoms with van der Waals surface area (Å²) in [6.07, 6.45) is -0.0176. The second-order valence-corrected chi connectivity index (χ2v) is 4.18. The van der Waals surface area contributed by atoms with Gasteiger partial charge in [0, 0.05) is 13.5 Å². The van der Waals surface area contributed by atoms with Crippen molar-refractivity contribution in [3.63, 3.8) is 0 Å². The van der Waals surface area contributed by atoms with Gasteiger partial charge in [-0.2, -0.15) is 0 Å². The van der Waals surface area contributed by atoms with Crippen LogP contribution in [0.1, 0.15) is 26.7 Å². The molecule has 1 rings (SSSR count). The summed E-state index contributed by atoms with van der Waals surface area (Å²) in [5.74, 6) is -2.69. The van der Waals surface area contributed by atoms with Gasteiger partial charge < -0.3 is 10.5 Å². The Hall–Kier alpha value is -0.220. The maximum Gasteiger partial charge on any atom is 0.268 e. The van der Waals surface area contributed by atoms with E-state index in [2.05, 4.69) is 0 Å². The molecule has 1 saturated carbocycles. The van der Waals surface area contributed by atoms with Crippen LogP contribution in [0.5, 0.6) is 0 Å². The Balaban J connectivity index is 2.54. The van der Waals surface area contributed by atoms with Crippen molar-refractivity contribution in [2.24, 2.45) is 5.73 Å². The molecule has 1 atom stereocenters. The van der Waals surface area contributed by atoms with Crippen LogP contribution in [0.15, 0.2) is 0 Å². The molecular weight excluding hydrogens is 164 g/mol. The lowest BCUT2D eigenvalue weighted by atomic mass is 9.97. The summed E-state index contributed by atoms with van der Waals surface area (Å²) in [6.45, 7) is 3.52. The van der Waals surface area contributed by atoms with E-state index in [1.165, 1.54) is 7.11 Å². The van der Waals surface area contributed by atoms with E-state index in [1.807, 2.05) is 0 Å². The predicted octanol–water partition coefficient (Wildman–Crippen LogP) is 1.54. The van der Waals surface area contributed by atoms with Crippen LogP contribution in [0.4, 0.5) is 8.78 Å². The van der Waals surface area contributed by atoms with Crippen LogP contribution in [0, 0.1) is 0 Å². The topological polar surface area (TPSA) is 35.2 Å². The van der Waals surface area contributed by atoms with Crippen LogP contribution in [0.2, 0.25) is 0 Å². The lowest BCUT2D eigenvalue weighted by molar-refractivity contribution is -0.00966. The monoisotopic (exact) mass is 179 g/mol. The summed E-state index contributed by atoms with van der Waals surface area (Å²) in [6, 6.07) is 0. The van der Waals surface area contributed by atoms with Crippen molar-refractivity contribution in [3.05, 3.63) is 0 Å². The molecule has 0 saturated heterocycles. The maximum absolute atomic E-state index is 12.7. The minimum atomic E-state index is -2.69. The van der Waals surface area contributed by atoms with E-state index in [-0.39, 0.29) is 12.8 Å². The standard InChI is InChI=1S/C8H15F2NO/c1-6(2,12-3)4-7(11)5-8(7,9)10/h4-5,11H2,1-3H3. The van der Waals surface area contributed by atoms with Gasteiger partial charge in [-0.05, 0) is 20.3 Å². The van der Waals surface area contributed by atoms with Crippen molar-refractivity contribution in [2.75, 3.05) is 7.11 Å². The van der Waals surface area contributed by atoms with Gasteiger partial charge in [0.1, 0.15) is 0 Å². The molecule has 0 radical (unpaired) electrons. The Morgan fingerprint density at radius 3 is 2.17 bits per heavy atom. The molecule has 0 aliphatic heterocycles. The molecule has 12 heavy (non-hydrogen) atoms. The van der Waals surface area contributed by atoms with Crippen molar-refractivity contribution in [1.82, 2.24) is 0 Å². The maximum atomic E-state index is 12.7. The first kappa shape index (κ1) is 9.86. The Morgan fingerprint density at radius 2 is 1.92 bits per heavy atom. The smallest absolute Gasteiger partial charge is 0.268 e. The lowest BCUT2D eigenvalue weighted by Gasteiger charge is -2.26. The fourth-order valence-corrected chi connectivity index (χ4v) is 1.38. The van der Waals surface area contributed by atoms with E-state index in [9.17, 15) is 8.78 Å². The molecule has 0 spiro atoms. The number of methoxy groups -OCH3 is 1. The third-order valence-corrected chi connectivity index (χ3v) is 2.43. The largest absolute Gasteiger partial charge is 0.379 e. The SMILES string of the molecule is COC(C)(C)CC1(N)CC1(F)F. The summed E-state index contributed by atoms with van der Waals surface area (Å²) in [5, 5.41) is 0. The normalized spacial score (nSPS) is 33.5. The van der Waals surface area contributed by atoms with E-state index in [4.69, 9.17) is 10.5 Å². The molecule has 2 N–H and O–H groups in total. The Labute approximate surface area is 71.1 Å². The zero-order valence-corrected chi connectivity index (χ0v) is 7.66. The van der Waals surface area contributed by atoms with Crippen LogP contribution in [0.25, 0.3) is 0 Å². The molecule has 4 heteroatoms. The van der Waals surface area contributed by atoms with Crippen molar-refractivity contribution in [3.8, 4) is 0 Å². The van der Waals surface area contributed by atoms with E-state index in [1.54, 1.807) is 13.8 Å². The van der Waals surface area contributed by atoms with Gasteiger partial charge >= 0.3 is 0 Å². The highest BCUT2D eigenvalue weighted by molar-refractivity contribution is 5.17. The highest BCUT2D eigenvalue weighted by Gasteiger charge is 2.69. The summed E-state index contributed by atoms with van der Waals surface area (Å²) in [7, 11) is 1.50. The first-order chi connectivity index (χ1) is 5.22. The van der Waals surface area contributed by atoms with E-state index in [0.717, 1.165) is 0 Å². The Morgan fingerprint density at radius 1 is 1.50 bits per heavy atom. The summed E-state index contributed by atoms with van der Waals surface area (Å²) in [5.41, 5.74) is 3.57. The van der Waals surface area contributed by atoms with E-state index in [0.29, 0.717) is 0 Å². The second-order valence-electron chi connectivity index (χ2n) is 4.18. The zero-order valence-electron chi connectivity index (χ0n) is 7.66. The van der Waals surface area contributed by atoms with Crippen molar-refractivity contribution < 1.29 is 13.5 Å². The highest BCUT2D eigenvalue weighted by Crippen LogP contribution is 2.54. The molecule has 72 valence electrons. The van der Waals surface area contributed by atoms with Gasteiger partial charge in [0.25, 0.3) is 5.92 Å². The lowest BCUT2D eigenvalue weighted by Crippen LogP contribution is -2.39. The Kier molecular flexibility index (Phi) is 1.96. The van der Waals surface area contributed by atoms with Crippen LogP contribution in [-0.2, 0) is 4.74 Å². The van der Waals surface area contributed by atoms with Gasteiger partial charge in [0.05, 0.1) is 11.1 Å². The van der Waals surface area contributed by atoms with Gasteiger partial charge in [-0.25, -0.2) is 8.78 Å². The first-order valence-electron chi connectivity index (χ1n) is 3.94. The molecular formula is C8H15F2NO. The molecule has 1 aliphatic carbocycles. The van der Waals surface area contributed by atoms with Crippen molar-refractivity contribution in [2.45, 2.75) is 43.8 Å². The van der Waals surface area contributed by atoms with Crippen LogP contribution < -0.4 is 5.73 Å². The fourth-order valence-electron chi connectivity index (χ4n) is 1.38. The quantitative estimate of drug-likeness (QED) is 0.713. The molecule has 0 aromatic carbocycles. The van der Waals surface area contributed by atoms with Crippen LogP contribution in [0.3, 0.4) is 0 Å². The van der Waals surface area contributed by atoms with Crippen LogP contribution >= 0.6 is 0 Å². The number of rotatable bonds is 3. The zero-order chi connectivity index (χ0) is 9.62. The number of hydrogen-bond donors (Lipinski definition) is 1. The van der Waals surface area contributed by atoms with Gasteiger partial charge in [0.15, 0.2) is 0 Å². The third-order valence-electron chi connectivity index (χ3n) is 2.43. The van der Waals surface area contributed by atoms with Gasteiger partial charge in [-0.1, -0.05) is 0 Å². The third kappa shape index (κ3) is 1.59. The average molecular weight is 179 g/mol. The number of halogens is 2. The molecule has 0 aromatic rings. The summed E-state index contributed by atoms with van der Waals surface area (Å²) < 4.78 is 30.4. The summed E-state index contributed by atoms with van der Waals surface area (Å²) in [4.78, 5) is 0. The van der Waals surface area contributed by atoms with E-state index < -0.39 is 17.1 Å². The number of hydrogen-bond acceptors (Lipinski definition) is 2. The second kappa shape index (κ2) is 2.39. The van der Waals surface area contributed by atoms with Gasteiger partial charge in [-0.15, -0.1) is 0 Å². The molecule has 0 amide bonds. The fraction of sp³-hybridized carbons (Fsp3) is 1.00. The van der Waals surface area contributed by atoms with Gasteiger partial charge in [-0.3, -0.25) is 0 Å². The molecule has 0 heterocycles. The number of nitrogens with two attached hydrogens (primary N) is 1. The van der Waals surface area contributed by atoms with Crippen LogP contribution in [-0.4, -0.2) is 24.2 Å². The van der Waals surface area contributed by atoms with E-state index >= 15 is 0 Å². The van der Waals surface area contributed by atoms with Gasteiger partial charge in [0.2, 0.25) is 0 Å². The molecule has 0 bridgehead atoms. The average Bonchev–Trinajstić information content (AvgIpc) is 2.30. The number of alkyl halides is 2. The molecule has 2 nitrogen and oxygen atoms in total. The van der Waals surface area contributed by atoms with Crippen molar-refractivity contribution >= 4 is 0 Å². The minimum absolute atomic E-state index is 0.198. The molecule has 1 fully saturated rings. The molecule has 1 aliphatic rings. The van der Waals surface area contributed by atoms with Crippen molar-refractivity contribution in [1.29, 1.82) is 0 Å². The molecule has 1 unspecified atom stereocenters. The predicted molar refractivity (Wildman–Crippen MR) is 42.2 cm³/mol. The number of ether oxygens (including phenoxy) is 1. The Bertz CT molecular complexity index is 193. The molecule has 0 aromatic heterocycles. The minimum Gasteiger partial charge on any atom is -0.379 e. The highest BCUT2D eigenvalue weighted by atomic mass is 19.3.